The van der Waals surface area contributed by atoms with Gasteiger partial charge in [-0.2, -0.15) is 0 Å². The highest BCUT2D eigenvalue weighted by molar-refractivity contribution is 6.26. The molecule has 0 atom stereocenters. The zero-order valence-electron chi connectivity index (χ0n) is 35.9. The maximum absolute atomic E-state index is 5.25. The van der Waals surface area contributed by atoms with E-state index in [1.807, 2.05) is 6.07 Å². The van der Waals surface area contributed by atoms with Crippen molar-refractivity contribution >= 4 is 54.4 Å². The fourth-order valence-electron chi connectivity index (χ4n) is 10.0. The van der Waals surface area contributed by atoms with Gasteiger partial charge in [0, 0.05) is 49.3 Å². The Balaban J connectivity index is 0.958. The van der Waals surface area contributed by atoms with Crippen LogP contribution < -0.4 is 0 Å². The first kappa shape index (κ1) is 37.7. The Morgan fingerprint density at radius 3 is 1.42 bits per heavy atom. The van der Waals surface area contributed by atoms with Crippen molar-refractivity contribution in [1.82, 2.24) is 19.1 Å². The third kappa shape index (κ3) is 6.22. The highest BCUT2D eigenvalue weighted by Gasteiger charge is 2.22. The molecule has 0 aliphatic rings. The minimum Gasteiger partial charge on any atom is -0.309 e. The molecule has 13 aromatic rings. The van der Waals surface area contributed by atoms with E-state index in [0.29, 0.717) is 5.82 Å². The van der Waals surface area contributed by atoms with Crippen molar-refractivity contribution in [3.05, 3.63) is 243 Å². The first-order chi connectivity index (χ1) is 32.7. The minimum atomic E-state index is 0.686. The largest absolute Gasteiger partial charge is 0.309 e. The first-order valence-corrected chi connectivity index (χ1v) is 22.5. The lowest BCUT2D eigenvalue weighted by Crippen LogP contribution is -1.97. The van der Waals surface area contributed by atoms with Crippen LogP contribution in [0.25, 0.3) is 122 Å². The zero-order valence-corrected chi connectivity index (χ0v) is 35.9. The van der Waals surface area contributed by atoms with Crippen LogP contribution in [0.5, 0.6) is 0 Å². The summed E-state index contributed by atoms with van der Waals surface area (Å²) in [6, 6.07) is 86.8. The van der Waals surface area contributed by atoms with Gasteiger partial charge in [0.05, 0.1) is 39.1 Å². The molecule has 0 aliphatic heterocycles. The lowest BCUT2D eigenvalue weighted by atomic mass is 10.0. The van der Waals surface area contributed by atoms with Gasteiger partial charge in [-0.1, -0.05) is 200 Å². The maximum atomic E-state index is 5.25. The van der Waals surface area contributed by atoms with E-state index in [2.05, 4.69) is 246 Å². The highest BCUT2D eigenvalue weighted by atomic mass is 15.0. The van der Waals surface area contributed by atoms with Crippen molar-refractivity contribution in [3.63, 3.8) is 0 Å². The molecule has 66 heavy (non-hydrogen) atoms. The SMILES string of the molecule is c1ccc(-c2ccc(-c3cc(-c4ccc(-n5c6ccccc6c6c5ccc5c7ccccc7n(-c7cccc8ccccc78)c56)cc4)nc(-c4ccc(-c5ccccc5)cc4)n3)cc2)cc1. The lowest BCUT2D eigenvalue weighted by molar-refractivity contribution is 1.17. The number of hydrogen-bond acceptors (Lipinski definition) is 2. The first-order valence-electron chi connectivity index (χ1n) is 22.5. The van der Waals surface area contributed by atoms with Crippen molar-refractivity contribution in [2.24, 2.45) is 0 Å². The molecule has 0 N–H and O–H groups in total. The molecule has 0 bridgehead atoms. The molecule has 0 spiro atoms. The van der Waals surface area contributed by atoms with Crippen molar-refractivity contribution < 1.29 is 0 Å². The van der Waals surface area contributed by atoms with Gasteiger partial charge >= 0.3 is 0 Å². The number of hydrogen-bond donors (Lipinski definition) is 0. The van der Waals surface area contributed by atoms with Gasteiger partial charge in [-0.3, -0.25) is 0 Å². The van der Waals surface area contributed by atoms with Crippen molar-refractivity contribution in [2.45, 2.75) is 0 Å². The van der Waals surface area contributed by atoms with Crippen LogP contribution in [-0.2, 0) is 0 Å². The van der Waals surface area contributed by atoms with E-state index in [-0.39, 0.29) is 0 Å². The molecular formula is C62H40N4. The zero-order chi connectivity index (χ0) is 43.6. The summed E-state index contributed by atoms with van der Waals surface area (Å²) in [5.74, 6) is 0.686. The average Bonchev–Trinajstić information content (AvgIpc) is 3.92. The summed E-state index contributed by atoms with van der Waals surface area (Å²) in [5, 5.41) is 7.38. The van der Waals surface area contributed by atoms with Crippen LogP contribution in [0, 0.1) is 0 Å². The maximum Gasteiger partial charge on any atom is 0.160 e. The molecule has 308 valence electrons. The summed E-state index contributed by atoms with van der Waals surface area (Å²) in [6.07, 6.45) is 0. The monoisotopic (exact) mass is 840 g/mol. The number of rotatable bonds is 7. The summed E-state index contributed by atoms with van der Waals surface area (Å²) in [7, 11) is 0. The summed E-state index contributed by atoms with van der Waals surface area (Å²) in [6.45, 7) is 0. The molecule has 0 fully saturated rings. The second-order valence-electron chi connectivity index (χ2n) is 17.0. The van der Waals surface area contributed by atoms with Crippen molar-refractivity contribution in [1.29, 1.82) is 0 Å². The van der Waals surface area contributed by atoms with Gasteiger partial charge in [-0.15, -0.1) is 0 Å². The molecule has 3 heterocycles. The van der Waals surface area contributed by atoms with E-state index >= 15 is 0 Å². The molecule has 0 radical (unpaired) electrons. The predicted octanol–water partition coefficient (Wildman–Crippen LogP) is 16.2. The van der Waals surface area contributed by atoms with Gasteiger partial charge < -0.3 is 9.13 Å². The molecule has 0 saturated carbocycles. The summed E-state index contributed by atoms with van der Waals surface area (Å²) in [5.41, 5.74) is 16.4. The third-order valence-corrected chi connectivity index (χ3v) is 13.2. The number of nitrogens with zero attached hydrogens (tertiary/aromatic N) is 4. The Labute approximate surface area is 382 Å². The van der Waals surface area contributed by atoms with Crippen LogP contribution in [0.4, 0.5) is 0 Å². The Bertz CT molecular complexity index is 3830. The van der Waals surface area contributed by atoms with Crippen LogP contribution in [0.1, 0.15) is 0 Å². The van der Waals surface area contributed by atoms with Crippen LogP contribution in [0.15, 0.2) is 243 Å². The number of para-hydroxylation sites is 2. The molecular weight excluding hydrogens is 801 g/mol. The number of benzene rings is 10. The fraction of sp³-hybridized carbons (Fsp3) is 0. The van der Waals surface area contributed by atoms with E-state index in [9.17, 15) is 0 Å². The Morgan fingerprint density at radius 1 is 0.288 bits per heavy atom. The Hall–Kier alpha value is -8.86. The second kappa shape index (κ2) is 15.4. The third-order valence-electron chi connectivity index (χ3n) is 13.2. The smallest absolute Gasteiger partial charge is 0.160 e. The molecule has 13 rings (SSSR count). The molecule has 4 nitrogen and oxygen atoms in total. The van der Waals surface area contributed by atoms with Gasteiger partial charge in [-0.05, 0) is 70.1 Å². The molecule has 4 heteroatoms. The minimum absolute atomic E-state index is 0.686. The van der Waals surface area contributed by atoms with Crippen molar-refractivity contribution in [2.75, 3.05) is 0 Å². The topological polar surface area (TPSA) is 35.6 Å². The van der Waals surface area contributed by atoms with E-state index in [1.54, 1.807) is 0 Å². The number of fused-ring (bicyclic) bond motifs is 8. The van der Waals surface area contributed by atoms with E-state index in [1.165, 1.54) is 65.7 Å². The Kier molecular flexibility index (Phi) is 8.81. The molecule has 10 aromatic carbocycles. The fourth-order valence-corrected chi connectivity index (χ4v) is 10.0. The molecule has 0 saturated heterocycles. The highest BCUT2D eigenvalue weighted by Crippen LogP contribution is 2.43. The normalized spacial score (nSPS) is 11.6. The van der Waals surface area contributed by atoms with Gasteiger partial charge in [0.15, 0.2) is 5.82 Å². The van der Waals surface area contributed by atoms with E-state index < -0.39 is 0 Å². The van der Waals surface area contributed by atoms with E-state index in [0.717, 1.165) is 50.4 Å². The molecule has 0 aliphatic carbocycles. The lowest BCUT2D eigenvalue weighted by Gasteiger charge is -2.13. The van der Waals surface area contributed by atoms with Crippen LogP contribution >= 0.6 is 0 Å². The second-order valence-corrected chi connectivity index (χ2v) is 17.0. The van der Waals surface area contributed by atoms with Gasteiger partial charge in [0.1, 0.15) is 0 Å². The van der Waals surface area contributed by atoms with Crippen molar-refractivity contribution in [3.8, 4) is 67.5 Å². The van der Waals surface area contributed by atoms with Gasteiger partial charge in [0.25, 0.3) is 0 Å². The molecule has 3 aromatic heterocycles. The summed E-state index contributed by atoms with van der Waals surface area (Å²) >= 11 is 0. The van der Waals surface area contributed by atoms with Gasteiger partial charge in [-0.25, -0.2) is 9.97 Å². The predicted molar refractivity (Wildman–Crippen MR) is 275 cm³/mol. The van der Waals surface area contributed by atoms with Crippen LogP contribution in [-0.4, -0.2) is 19.1 Å². The van der Waals surface area contributed by atoms with Gasteiger partial charge in [0.2, 0.25) is 0 Å². The quantitative estimate of drug-likeness (QED) is 0.160. The molecule has 0 unspecified atom stereocenters. The summed E-state index contributed by atoms with van der Waals surface area (Å²) in [4.78, 5) is 10.5. The standard InChI is InChI=1S/C62H40N4/c1-3-14-41(15-4-1)43-26-30-46(31-27-43)54-40-55(64-62(63-54)48-32-28-44(29-33-48)42-16-5-2-6-17-42)47-34-36-49(37-35-47)65-58-24-12-10-22-53(58)60-59(65)39-38-52-51-21-9-11-23-57(51)66(61(52)60)56-25-13-19-45-18-7-8-20-50(45)56/h1-40H. The average molecular weight is 841 g/mol. The summed E-state index contributed by atoms with van der Waals surface area (Å²) < 4.78 is 4.91. The number of aromatic nitrogens is 4. The van der Waals surface area contributed by atoms with Crippen LogP contribution in [0.3, 0.4) is 0 Å². The van der Waals surface area contributed by atoms with E-state index in [4.69, 9.17) is 9.97 Å². The molecule has 0 amide bonds. The Morgan fingerprint density at radius 2 is 0.773 bits per heavy atom. The van der Waals surface area contributed by atoms with Crippen LogP contribution in [0.2, 0.25) is 0 Å².